The highest BCUT2D eigenvalue weighted by Gasteiger charge is 2.26. The fourth-order valence-corrected chi connectivity index (χ4v) is 3.40. The molecule has 1 aliphatic rings. The number of piperidine rings is 1. The molecule has 5 heteroatoms. The fourth-order valence-electron chi connectivity index (χ4n) is 2.63. The van der Waals surface area contributed by atoms with E-state index in [-0.39, 0.29) is 11.9 Å². The van der Waals surface area contributed by atoms with Crippen LogP contribution in [0.5, 0.6) is 0 Å². The molecule has 19 heavy (non-hydrogen) atoms. The Hall–Kier alpha value is -1.62. The van der Waals surface area contributed by atoms with E-state index in [1.54, 1.807) is 11.3 Å². The predicted molar refractivity (Wildman–Crippen MR) is 76.6 cm³/mol. The first-order valence-corrected chi connectivity index (χ1v) is 7.32. The summed E-state index contributed by atoms with van der Waals surface area (Å²) >= 11 is 1.73. The van der Waals surface area contributed by atoms with Gasteiger partial charge < -0.3 is 9.64 Å². The molecule has 0 N–H and O–H groups in total. The Morgan fingerprint density at radius 2 is 2.21 bits per heavy atom. The van der Waals surface area contributed by atoms with Crippen LogP contribution in [0.4, 0.5) is 5.82 Å². The first-order chi connectivity index (χ1) is 9.29. The number of carbonyl (C=O) groups excluding carboxylic acids is 1. The molecule has 1 saturated heterocycles. The molecule has 1 fully saturated rings. The van der Waals surface area contributed by atoms with Crippen molar-refractivity contribution < 1.29 is 9.53 Å². The molecule has 2 aromatic heterocycles. The summed E-state index contributed by atoms with van der Waals surface area (Å²) in [5, 5.41) is 3.31. The van der Waals surface area contributed by atoms with Crippen molar-refractivity contribution in [2.24, 2.45) is 5.92 Å². The number of fused-ring (bicyclic) bond motifs is 1. The van der Waals surface area contributed by atoms with Crippen molar-refractivity contribution in [1.82, 2.24) is 4.98 Å². The molecule has 2 aromatic rings. The molecule has 0 aromatic carbocycles. The largest absolute Gasteiger partial charge is 0.469 e. The Morgan fingerprint density at radius 1 is 1.42 bits per heavy atom. The van der Waals surface area contributed by atoms with Crippen molar-refractivity contribution in [2.45, 2.75) is 12.8 Å². The van der Waals surface area contributed by atoms with Gasteiger partial charge in [0.05, 0.1) is 13.0 Å². The summed E-state index contributed by atoms with van der Waals surface area (Å²) in [5.74, 6) is 1.01. The highest BCUT2D eigenvalue weighted by Crippen LogP contribution is 2.31. The van der Waals surface area contributed by atoms with Crippen molar-refractivity contribution in [3.63, 3.8) is 0 Å². The monoisotopic (exact) mass is 276 g/mol. The van der Waals surface area contributed by atoms with Crippen molar-refractivity contribution >= 4 is 33.2 Å². The third-order valence-electron chi connectivity index (χ3n) is 3.69. The third kappa shape index (κ3) is 2.30. The number of hydrogen-bond acceptors (Lipinski definition) is 5. The van der Waals surface area contributed by atoms with E-state index in [0.29, 0.717) is 0 Å². The van der Waals surface area contributed by atoms with Gasteiger partial charge in [0.25, 0.3) is 0 Å². The van der Waals surface area contributed by atoms with Gasteiger partial charge in [-0.15, -0.1) is 11.3 Å². The second-order valence-corrected chi connectivity index (χ2v) is 5.70. The minimum atomic E-state index is -0.0821. The van der Waals surface area contributed by atoms with Gasteiger partial charge in [-0.2, -0.15) is 0 Å². The fraction of sp³-hybridized carbons (Fsp3) is 0.429. The quantitative estimate of drug-likeness (QED) is 0.791. The lowest BCUT2D eigenvalue weighted by atomic mass is 9.97. The lowest BCUT2D eigenvalue weighted by molar-refractivity contribution is -0.146. The molecule has 0 aliphatic carbocycles. The molecular weight excluding hydrogens is 260 g/mol. The van der Waals surface area contributed by atoms with E-state index in [1.165, 1.54) is 17.2 Å². The first kappa shape index (κ1) is 12.4. The summed E-state index contributed by atoms with van der Waals surface area (Å²) < 4.78 is 6.08. The second kappa shape index (κ2) is 5.17. The molecule has 0 bridgehead atoms. The van der Waals surface area contributed by atoms with E-state index in [9.17, 15) is 4.79 Å². The molecule has 0 amide bonds. The molecule has 4 nitrogen and oxygen atoms in total. The minimum absolute atomic E-state index is 0.0444. The Balaban J connectivity index is 1.78. The van der Waals surface area contributed by atoms with Gasteiger partial charge in [0.2, 0.25) is 0 Å². The summed E-state index contributed by atoms with van der Waals surface area (Å²) in [5.41, 5.74) is 0. The van der Waals surface area contributed by atoms with Crippen molar-refractivity contribution in [3.8, 4) is 0 Å². The van der Waals surface area contributed by atoms with Gasteiger partial charge >= 0.3 is 5.97 Å². The Bertz CT molecular complexity index is 588. The summed E-state index contributed by atoms with van der Waals surface area (Å²) in [6.45, 7) is 1.73. The van der Waals surface area contributed by atoms with Gasteiger partial charge in [-0.1, -0.05) is 0 Å². The Kier molecular flexibility index (Phi) is 3.38. The molecule has 3 heterocycles. The maximum Gasteiger partial charge on any atom is 0.308 e. The first-order valence-electron chi connectivity index (χ1n) is 6.44. The zero-order valence-electron chi connectivity index (χ0n) is 10.8. The van der Waals surface area contributed by atoms with E-state index in [0.717, 1.165) is 31.7 Å². The van der Waals surface area contributed by atoms with Gasteiger partial charge in [0.15, 0.2) is 0 Å². The molecule has 0 radical (unpaired) electrons. The summed E-state index contributed by atoms with van der Waals surface area (Å²) in [7, 11) is 1.46. The molecule has 3 rings (SSSR count). The van der Waals surface area contributed by atoms with Gasteiger partial charge in [0.1, 0.15) is 5.82 Å². The van der Waals surface area contributed by atoms with Crippen LogP contribution in [0.2, 0.25) is 0 Å². The minimum Gasteiger partial charge on any atom is -0.469 e. The van der Waals surface area contributed by atoms with E-state index < -0.39 is 0 Å². The molecule has 0 spiro atoms. The number of carbonyl (C=O) groups is 1. The van der Waals surface area contributed by atoms with Gasteiger partial charge in [-0.05, 0) is 30.4 Å². The van der Waals surface area contributed by atoms with Crippen LogP contribution >= 0.6 is 11.3 Å². The standard InChI is InChI=1S/C14H16N2O2S/c1-18-14(17)10-3-7-16(8-4-10)13-11-5-9-19-12(11)2-6-15-13/h2,5-6,9-10H,3-4,7-8H2,1H3. The topological polar surface area (TPSA) is 42.4 Å². The van der Waals surface area contributed by atoms with E-state index in [1.807, 2.05) is 12.3 Å². The van der Waals surface area contributed by atoms with Crippen molar-refractivity contribution in [2.75, 3.05) is 25.1 Å². The molecular formula is C14H16N2O2S. The highest BCUT2D eigenvalue weighted by atomic mass is 32.1. The lowest BCUT2D eigenvalue weighted by Gasteiger charge is -2.31. The normalized spacial score (nSPS) is 16.8. The number of ether oxygens (including phenoxy) is 1. The van der Waals surface area contributed by atoms with Crippen LogP contribution in [-0.2, 0) is 9.53 Å². The smallest absolute Gasteiger partial charge is 0.308 e. The average molecular weight is 276 g/mol. The zero-order chi connectivity index (χ0) is 13.2. The van der Waals surface area contributed by atoms with Crippen molar-refractivity contribution in [3.05, 3.63) is 23.7 Å². The number of esters is 1. The lowest BCUT2D eigenvalue weighted by Crippen LogP contribution is -2.37. The number of thiophene rings is 1. The number of pyridine rings is 1. The summed E-state index contributed by atoms with van der Waals surface area (Å²) in [6, 6.07) is 4.17. The van der Waals surface area contributed by atoms with Gasteiger partial charge in [-0.25, -0.2) is 4.98 Å². The number of anilines is 1. The summed E-state index contributed by atoms with van der Waals surface area (Å²) in [4.78, 5) is 18.3. The molecule has 1 aliphatic heterocycles. The van der Waals surface area contributed by atoms with Crippen molar-refractivity contribution in [1.29, 1.82) is 0 Å². The van der Waals surface area contributed by atoms with Gasteiger partial charge in [-0.3, -0.25) is 4.79 Å². The summed E-state index contributed by atoms with van der Waals surface area (Å²) in [6.07, 6.45) is 3.55. The van der Waals surface area contributed by atoms with Crippen LogP contribution < -0.4 is 4.90 Å². The number of methoxy groups -OCH3 is 1. The van der Waals surface area contributed by atoms with E-state index in [2.05, 4.69) is 21.3 Å². The predicted octanol–water partition coefficient (Wildman–Crippen LogP) is 2.69. The maximum atomic E-state index is 11.5. The number of hydrogen-bond donors (Lipinski definition) is 0. The number of aromatic nitrogens is 1. The Morgan fingerprint density at radius 3 is 2.95 bits per heavy atom. The molecule has 0 atom stereocenters. The van der Waals surface area contributed by atoms with Crippen LogP contribution in [0.15, 0.2) is 23.7 Å². The highest BCUT2D eigenvalue weighted by molar-refractivity contribution is 7.17. The van der Waals surface area contributed by atoms with Crippen LogP contribution in [-0.4, -0.2) is 31.2 Å². The maximum absolute atomic E-state index is 11.5. The number of rotatable bonds is 2. The molecule has 0 unspecified atom stereocenters. The van der Waals surface area contributed by atoms with Crippen LogP contribution in [0.1, 0.15) is 12.8 Å². The average Bonchev–Trinajstić information content (AvgIpc) is 2.95. The van der Waals surface area contributed by atoms with Crippen LogP contribution in [0.25, 0.3) is 10.1 Å². The third-order valence-corrected chi connectivity index (χ3v) is 4.57. The van der Waals surface area contributed by atoms with E-state index >= 15 is 0 Å². The van der Waals surface area contributed by atoms with Crippen LogP contribution in [0.3, 0.4) is 0 Å². The molecule has 0 saturated carbocycles. The van der Waals surface area contributed by atoms with E-state index in [4.69, 9.17) is 4.74 Å². The Labute approximate surface area is 116 Å². The van der Waals surface area contributed by atoms with Gasteiger partial charge in [0, 0.05) is 29.4 Å². The zero-order valence-corrected chi connectivity index (χ0v) is 11.7. The molecule has 100 valence electrons. The SMILES string of the molecule is COC(=O)C1CCN(c2nccc3sccc23)CC1. The van der Waals surface area contributed by atoms with Crippen LogP contribution in [0, 0.1) is 5.92 Å². The second-order valence-electron chi connectivity index (χ2n) is 4.75. The number of nitrogens with zero attached hydrogens (tertiary/aromatic N) is 2.